The van der Waals surface area contributed by atoms with Gasteiger partial charge in [0.05, 0.1) is 50.2 Å². The SMILES string of the molecule is CC1(C)c2ccccc2-c2c(-c3nc4ccccc4nc3-c3cccc(-n4c5ccccc5c5c(-n6c7ccccc7c7cc8ccccc8cc76)c6ccccc6cc54)c3)cccc21. The van der Waals surface area contributed by atoms with Gasteiger partial charge in [0.1, 0.15) is 0 Å². The summed E-state index contributed by atoms with van der Waals surface area (Å²) in [5.74, 6) is 0. The Kier molecular flexibility index (Phi) is 7.42. The molecule has 0 atom stereocenters. The topological polar surface area (TPSA) is 35.6 Å². The van der Waals surface area contributed by atoms with E-state index in [0.29, 0.717) is 0 Å². The number of aromatic nitrogens is 4. The Morgan fingerprint density at radius 2 is 0.969 bits per heavy atom. The van der Waals surface area contributed by atoms with Crippen molar-refractivity contribution in [2.75, 3.05) is 0 Å². The number of benzene rings is 10. The average Bonchev–Trinajstić information content (AvgIpc) is 3.94. The number of rotatable bonds is 4. The van der Waals surface area contributed by atoms with Crippen LogP contribution < -0.4 is 0 Å². The molecular weight excluding hydrogens is 789 g/mol. The van der Waals surface area contributed by atoms with Crippen molar-refractivity contribution in [3.8, 4) is 45.0 Å². The number of hydrogen-bond acceptors (Lipinski definition) is 2. The predicted octanol–water partition coefficient (Wildman–Crippen LogP) is 15.8. The minimum absolute atomic E-state index is 0.140. The van der Waals surface area contributed by atoms with Crippen molar-refractivity contribution < 1.29 is 0 Å². The van der Waals surface area contributed by atoms with Crippen LogP contribution in [0.15, 0.2) is 206 Å². The highest BCUT2D eigenvalue weighted by molar-refractivity contribution is 6.23. The van der Waals surface area contributed by atoms with E-state index in [0.717, 1.165) is 50.3 Å². The van der Waals surface area contributed by atoms with Gasteiger partial charge in [-0.05, 0) is 93.0 Å². The maximum atomic E-state index is 5.48. The number of hydrogen-bond donors (Lipinski definition) is 0. The van der Waals surface area contributed by atoms with Gasteiger partial charge in [0.25, 0.3) is 0 Å². The summed E-state index contributed by atoms with van der Waals surface area (Å²) in [5, 5.41) is 9.78. The van der Waals surface area contributed by atoms with Gasteiger partial charge in [0.15, 0.2) is 0 Å². The quantitative estimate of drug-likeness (QED) is 0.177. The molecule has 0 radical (unpaired) electrons. The molecule has 0 saturated carbocycles. The third-order valence-corrected chi connectivity index (χ3v) is 14.2. The molecule has 0 amide bonds. The lowest BCUT2D eigenvalue weighted by Crippen LogP contribution is -2.14. The molecule has 0 bridgehead atoms. The van der Waals surface area contributed by atoms with Gasteiger partial charge in [-0.15, -0.1) is 0 Å². The first-order valence-corrected chi connectivity index (χ1v) is 22.5. The first-order valence-electron chi connectivity index (χ1n) is 22.5. The van der Waals surface area contributed by atoms with Crippen LogP contribution in [-0.4, -0.2) is 19.1 Å². The van der Waals surface area contributed by atoms with E-state index in [4.69, 9.17) is 9.97 Å². The number of nitrogens with zero attached hydrogens (tertiary/aromatic N) is 4. The molecule has 0 fully saturated rings. The summed E-state index contributed by atoms with van der Waals surface area (Å²) in [7, 11) is 0. The monoisotopic (exact) mass is 828 g/mol. The third kappa shape index (κ3) is 5.08. The lowest BCUT2D eigenvalue weighted by atomic mass is 9.82. The van der Waals surface area contributed by atoms with E-state index in [1.807, 2.05) is 0 Å². The van der Waals surface area contributed by atoms with E-state index in [-0.39, 0.29) is 5.41 Å². The van der Waals surface area contributed by atoms with Crippen molar-refractivity contribution in [2.24, 2.45) is 0 Å². The largest absolute Gasteiger partial charge is 0.309 e. The molecule has 0 aliphatic heterocycles. The minimum Gasteiger partial charge on any atom is -0.309 e. The Morgan fingerprint density at radius 3 is 1.78 bits per heavy atom. The second-order valence-electron chi connectivity index (χ2n) is 18.1. The first-order chi connectivity index (χ1) is 32.0. The summed E-state index contributed by atoms with van der Waals surface area (Å²) >= 11 is 0. The van der Waals surface area contributed by atoms with Crippen LogP contribution in [0, 0.1) is 0 Å². The lowest BCUT2D eigenvalue weighted by molar-refractivity contribution is 0.660. The van der Waals surface area contributed by atoms with Crippen molar-refractivity contribution in [1.29, 1.82) is 0 Å². The molecule has 13 aromatic rings. The van der Waals surface area contributed by atoms with Gasteiger partial charge in [0, 0.05) is 49.2 Å². The standard InChI is InChI=1S/C61H40N4/c1-61(2)48-27-10-7-24-44(48)56-46(26-16-28-49(56)61)59-58(62-50-29-11-12-30-51(50)63-59)40-20-15-21-41(33-40)64-53-32-14-9-25-45(53)57-55(64)36-39-19-5-6-22-42(39)60(57)65-52-31-13-8-23-43(52)47-34-37-17-3-4-18-38(37)35-54(47)65/h3-36H,1-2H3. The van der Waals surface area contributed by atoms with Gasteiger partial charge in [-0.1, -0.05) is 166 Å². The van der Waals surface area contributed by atoms with Crippen LogP contribution in [-0.2, 0) is 5.41 Å². The lowest BCUT2D eigenvalue weighted by Gasteiger charge is -2.21. The maximum absolute atomic E-state index is 5.48. The van der Waals surface area contributed by atoms with Crippen LogP contribution in [0.3, 0.4) is 0 Å². The summed E-state index contributed by atoms with van der Waals surface area (Å²) in [6.07, 6.45) is 0. The Labute approximate surface area is 375 Å². The highest BCUT2D eigenvalue weighted by atomic mass is 15.0. The fourth-order valence-corrected chi connectivity index (χ4v) is 11.3. The maximum Gasteiger partial charge on any atom is 0.0979 e. The van der Waals surface area contributed by atoms with E-state index in [2.05, 4.69) is 229 Å². The highest BCUT2D eigenvalue weighted by Gasteiger charge is 2.37. The van der Waals surface area contributed by atoms with Crippen LogP contribution in [0.25, 0.3) is 121 Å². The Hall–Kier alpha value is -8.34. The van der Waals surface area contributed by atoms with Gasteiger partial charge in [-0.2, -0.15) is 0 Å². The zero-order valence-corrected chi connectivity index (χ0v) is 35.9. The van der Waals surface area contributed by atoms with Crippen molar-refractivity contribution in [3.63, 3.8) is 0 Å². The molecule has 4 nitrogen and oxygen atoms in total. The van der Waals surface area contributed by atoms with Gasteiger partial charge >= 0.3 is 0 Å². The molecule has 1 aliphatic rings. The van der Waals surface area contributed by atoms with Gasteiger partial charge < -0.3 is 9.13 Å². The van der Waals surface area contributed by atoms with Gasteiger partial charge in [-0.25, -0.2) is 9.97 Å². The fourth-order valence-electron chi connectivity index (χ4n) is 11.3. The number of fused-ring (bicyclic) bond motifs is 12. The Morgan fingerprint density at radius 1 is 0.385 bits per heavy atom. The molecule has 3 heterocycles. The summed E-state index contributed by atoms with van der Waals surface area (Å²) in [6, 6.07) is 75.3. The first kappa shape index (κ1) is 36.2. The van der Waals surface area contributed by atoms with E-state index in [1.54, 1.807) is 0 Å². The van der Waals surface area contributed by atoms with Crippen molar-refractivity contribution in [1.82, 2.24) is 19.1 Å². The third-order valence-electron chi connectivity index (χ3n) is 14.2. The molecule has 0 unspecified atom stereocenters. The molecule has 0 N–H and O–H groups in total. The van der Waals surface area contributed by atoms with E-state index >= 15 is 0 Å². The van der Waals surface area contributed by atoms with Gasteiger partial charge in [-0.3, -0.25) is 0 Å². The highest BCUT2D eigenvalue weighted by Crippen LogP contribution is 2.53. The van der Waals surface area contributed by atoms with Crippen LogP contribution in [0.5, 0.6) is 0 Å². The molecule has 1 aliphatic carbocycles. The fraction of sp³-hybridized carbons (Fsp3) is 0.0492. The van der Waals surface area contributed by atoms with Crippen LogP contribution in [0.4, 0.5) is 0 Å². The second-order valence-corrected chi connectivity index (χ2v) is 18.1. The van der Waals surface area contributed by atoms with E-state index < -0.39 is 0 Å². The van der Waals surface area contributed by atoms with Crippen LogP contribution in [0.1, 0.15) is 25.0 Å². The van der Waals surface area contributed by atoms with E-state index in [1.165, 1.54) is 82.1 Å². The van der Waals surface area contributed by atoms with Crippen molar-refractivity contribution in [2.45, 2.75) is 19.3 Å². The zero-order chi connectivity index (χ0) is 43.0. The van der Waals surface area contributed by atoms with Gasteiger partial charge in [0.2, 0.25) is 0 Å². The molecular formula is C61H40N4. The molecule has 65 heavy (non-hydrogen) atoms. The Bertz CT molecular complexity index is 4160. The molecule has 10 aromatic carbocycles. The van der Waals surface area contributed by atoms with Crippen molar-refractivity contribution >= 4 is 76.2 Å². The smallest absolute Gasteiger partial charge is 0.0979 e. The minimum atomic E-state index is -0.140. The molecule has 3 aromatic heterocycles. The molecule has 0 saturated heterocycles. The molecule has 4 heteroatoms. The summed E-state index contributed by atoms with van der Waals surface area (Å²) in [4.78, 5) is 11.0. The molecule has 0 spiro atoms. The average molecular weight is 829 g/mol. The summed E-state index contributed by atoms with van der Waals surface area (Å²) in [5.41, 5.74) is 17.6. The molecule has 14 rings (SSSR count). The number of para-hydroxylation sites is 4. The predicted molar refractivity (Wildman–Crippen MR) is 272 cm³/mol. The zero-order valence-electron chi connectivity index (χ0n) is 35.9. The van der Waals surface area contributed by atoms with Crippen LogP contribution >= 0.6 is 0 Å². The molecule has 304 valence electrons. The second kappa shape index (κ2) is 13.3. The van der Waals surface area contributed by atoms with Crippen LogP contribution in [0.2, 0.25) is 0 Å². The summed E-state index contributed by atoms with van der Waals surface area (Å²) < 4.78 is 4.99. The van der Waals surface area contributed by atoms with Crippen molar-refractivity contribution in [3.05, 3.63) is 217 Å². The summed E-state index contributed by atoms with van der Waals surface area (Å²) in [6.45, 7) is 4.67. The van der Waals surface area contributed by atoms with E-state index in [9.17, 15) is 0 Å². The Balaban J connectivity index is 1.06. The normalized spacial score (nSPS) is 13.2.